The molecule has 0 spiro atoms. The maximum absolute atomic E-state index is 4.17. The van der Waals surface area contributed by atoms with Gasteiger partial charge in [0.1, 0.15) is 0 Å². The van der Waals surface area contributed by atoms with E-state index in [1.807, 2.05) is 32.0 Å². The van der Waals surface area contributed by atoms with Crippen LogP contribution in [-0.2, 0) is 0 Å². The third kappa shape index (κ3) is 5.30. The van der Waals surface area contributed by atoms with Crippen molar-refractivity contribution in [2.45, 2.75) is 34.6 Å². The zero-order chi connectivity index (χ0) is 12.8. The standard InChI is InChI=1S/C9H12.C7H9N/c1-7-4-8(2)6-9(3)5-7;1-6-4-3-5-7(2)8-6/h4-6H,1-3H3;3-5H,1-2H3. The molecular weight excluding hydrogens is 206 g/mol. The van der Waals surface area contributed by atoms with Crippen molar-refractivity contribution in [2.75, 3.05) is 0 Å². The van der Waals surface area contributed by atoms with Crippen molar-refractivity contribution in [3.05, 3.63) is 64.5 Å². The van der Waals surface area contributed by atoms with E-state index < -0.39 is 0 Å². The number of rotatable bonds is 0. The van der Waals surface area contributed by atoms with Crippen molar-refractivity contribution in [2.24, 2.45) is 0 Å². The first-order valence-corrected chi connectivity index (χ1v) is 5.92. The van der Waals surface area contributed by atoms with Crippen LogP contribution in [0.1, 0.15) is 28.1 Å². The molecule has 0 saturated carbocycles. The highest BCUT2D eigenvalue weighted by atomic mass is 14.7. The largest absolute Gasteiger partial charge is 0.258 e. The van der Waals surface area contributed by atoms with Crippen LogP contribution in [0.5, 0.6) is 0 Å². The van der Waals surface area contributed by atoms with E-state index in [-0.39, 0.29) is 0 Å². The Balaban J connectivity index is 0.000000171. The summed E-state index contributed by atoms with van der Waals surface area (Å²) in [4.78, 5) is 4.17. The lowest BCUT2D eigenvalue weighted by atomic mass is 10.1. The lowest BCUT2D eigenvalue weighted by molar-refractivity contribution is 1.12. The van der Waals surface area contributed by atoms with Gasteiger partial charge >= 0.3 is 0 Å². The molecule has 0 atom stereocenters. The maximum Gasteiger partial charge on any atom is 0.0375 e. The fraction of sp³-hybridized carbons (Fsp3) is 0.312. The smallest absolute Gasteiger partial charge is 0.0375 e. The van der Waals surface area contributed by atoms with Gasteiger partial charge in [-0.15, -0.1) is 0 Å². The van der Waals surface area contributed by atoms with Crippen LogP contribution in [0.25, 0.3) is 0 Å². The Labute approximate surface area is 105 Å². The Morgan fingerprint density at radius 1 is 0.647 bits per heavy atom. The molecule has 0 fully saturated rings. The molecule has 0 unspecified atom stereocenters. The van der Waals surface area contributed by atoms with Crippen LogP contribution in [0.4, 0.5) is 0 Å². The molecule has 90 valence electrons. The van der Waals surface area contributed by atoms with Gasteiger partial charge in [0.15, 0.2) is 0 Å². The van der Waals surface area contributed by atoms with E-state index in [4.69, 9.17) is 0 Å². The zero-order valence-electron chi connectivity index (χ0n) is 11.4. The van der Waals surface area contributed by atoms with Crippen LogP contribution in [0.2, 0.25) is 0 Å². The number of pyridine rings is 1. The van der Waals surface area contributed by atoms with Crippen LogP contribution in [0.15, 0.2) is 36.4 Å². The first kappa shape index (κ1) is 13.4. The average molecular weight is 227 g/mol. The van der Waals surface area contributed by atoms with Gasteiger partial charge in [-0.05, 0) is 46.8 Å². The highest BCUT2D eigenvalue weighted by molar-refractivity contribution is 5.27. The lowest BCUT2D eigenvalue weighted by Gasteiger charge is -1.96. The predicted octanol–water partition coefficient (Wildman–Crippen LogP) is 4.31. The van der Waals surface area contributed by atoms with E-state index in [2.05, 4.69) is 44.0 Å². The second-order valence-corrected chi connectivity index (χ2v) is 4.59. The van der Waals surface area contributed by atoms with Gasteiger partial charge in [-0.2, -0.15) is 0 Å². The van der Waals surface area contributed by atoms with Crippen LogP contribution < -0.4 is 0 Å². The van der Waals surface area contributed by atoms with Crippen molar-refractivity contribution in [1.82, 2.24) is 4.98 Å². The SMILES string of the molecule is Cc1cc(C)cc(C)c1.Cc1cccc(C)n1. The van der Waals surface area contributed by atoms with E-state index in [0.717, 1.165) is 11.4 Å². The van der Waals surface area contributed by atoms with Crippen LogP contribution in [-0.4, -0.2) is 4.98 Å². The normalized spacial score (nSPS) is 9.47. The van der Waals surface area contributed by atoms with Crippen molar-refractivity contribution >= 4 is 0 Å². The van der Waals surface area contributed by atoms with E-state index >= 15 is 0 Å². The maximum atomic E-state index is 4.17. The minimum Gasteiger partial charge on any atom is -0.258 e. The fourth-order valence-corrected chi connectivity index (χ4v) is 1.88. The summed E-state index contributed by atoms with van der Waals surface area (Å²) in [7, 11) is 0. The first-order chi connectivity index (χ1) is 7.97. The fourth-order valence-electron chi connectivity index (χ4n) is 1.88. The summed E-state index contributed by atoms with van der Waals surface area (Å²) < 4.78 is 0. The molecule has 1 nitrogen and oxygen atoms in total. The van der Waals surface area contributed by atoms with Gasteiger partial charge in [-0.1, -0.05) is 41.0 Å². The van der Waals surface area contributed by atoms with Crippen molar-refractivity contribution in [3.8, 4) is 0 Å². The summed E-state index contributed by atoms with van der Waals surface area (Å²) in [6.45, 7) is 10.4. The number of hydrogen-bond acceptors (Lipinski definition) is 1. The Kier molecular flexibility index (Phi) is 4.89. The third-order valence-electron chi connectivity index (χ3n) is 2.39. The van der Waals surface area contributed by atoms with Gasteiger partial charge in [0.2, 0.25) is 0 Å². The molecule has 1 aromatic carbocycles. The topological polar surface area (TPSA) is 12.9 Å². The average Bonchev–Trinajstić information content (AvgIpc) is 2.15. The van der Waals surface area contributed by atoms with Gasteiger partial charge < -0.3 is 0 Å². The second kappa shape index (κ2) is 6.19. The van der Waals surface area contributed by atoms with E-state index in [1.165, 1.54) is 16.7 Å². The molecule has 0 amide bonds. The number of aryl methyl sites for hydroxylation is 5. The van der Waals surface area contributed by atoms with E-state index in [0.29, 0.717) is 0 Å². The molecule has 1 heterocycles. The van der Waals surface area contributed by atoms with E-state index in [9.17, 15) is 0 Å². The number of aromatic nitrogens is 1. The van der Waals surface area contributed by atoms with Gasteiger partial charge in [0.05, 0.1) is 0 Å². The van der Waals surface area contributed by atoms with Gasteiger partial charge in [-0.25, -0.2) is 0 Å². The Morgan fingerprint density at radius 2 is 1.00 bits per heavy atom. The molecule has 2 aromatic rings. The summed E-state index contributed by atoms with van der Waals surface area (Å²) in [5.74, 6) is 0. The number of hydrogen-bond donors (Lipinski definition) is 0. The summed E-state index contributed by atoms with van der Waals surface area (Å²) in [5, 5.41) is 0. The van der Waals surface area contributed by atoms with Crippen LogP contribution >= 0.6 is 0 Å². The third-order valence-corrected chi connectivity index (χ3v) is 2.39. The summed E-state index contributed by atoms with van der Waals surface area (Å²) >= 11 is 0. The van der Waals surface area contributed by atoms with Crippen LogP contribution in [0, 0.1) is 34.6 Å². The first-order valence-electron chi connectivity index (χ1n) is 5.92. The Hall–Kier alpha value is -1.63. The molecule has 0 aliphatic rings. The lowest BCUT2D eigenvalue weighted by Crippen LogP contribution is -1.81. The molecule has 0 radical (unpaired) electrons. The number of benzene rings is 1. The quantitative estimate of drug-likeness (QED) is 0.653. The van der Waals surface area contributed by atoms with Gasteiger partial charge in [-0.3, -0.25) is 4.98 Å². The molecule has 1 heteroatoms. The van der Waals surface area contributed by atoms with Gasteiger partial charge in [0, 0.05) is 11.4 Å². The monoisotopic (exact) mass is 227 g/mol. The molecule has 17 heavy (non-hydrogen) atoms. The minimum absolute atomic E-state index is 1.09. The van der Waals surface area contributed by atoms with E-state index in [1.54, 1.807) is 0 Å². The number of nitrogens with zero attached hydrogens (tertiary/aromatic N) is 1. The molecule has 0 N–H and O–H groups in total. The minimum atomic E-state index is 1.09. The summed E-state index contributed by atoms with van der Waals surface area (Å²) in [5.41, 5.74) is 6.24. The van der Waals surface area contributed by atoms with Crippen LogP contribution in [0.3, 0.4) is 0 Å². The second-order valence-electron chi connectivity index (χ2n) is 4.59. The molecule has 0 bridgehead atoms. The van der Waals surface area contributed by atoms with Crippen molar-refractivity contribution in [1.29, 1.82) is 0 Å². The van der Waals surface area contributed by atoms with Gasteiger partial charge in [0.25, 0.3) is 0 Å². The molecule has 1 aromatic heterocycles. The highest BCUT2D eigenvalue weighted by Crippen LogP contribution is 2.06. The van der Waals surface area contributed by atoms with Crippen molar-refractivity contribution in [3.63, 3.8) is 0 Å². The molecule has 0 aliphatic carbocycles. The summed E-state index contributed by atoms with van der Waals surface area (Å²) in [6, 6.07) is 12.6. The summed E-state index contributed by atoms with van der Waals surface area (Å²) in [6.07, 6.45) is 0. The molecular formula is C16H21N. The Morgan fingerprint density at radius 3 is 1.24 bits per heavy atom. The molecule has 2 rings (SSSR count). The predicted molar refractivity (Wildman–Crippen MR) is 74.4 cm³/mol. The van der Waals surface area contributed by atoms with Crippen molar-refractivity contribution < 1.29 is 0 Å². The molecule has 0 saturated heterocycles. The molecule has 0 aliphatic heterocycles. The Bertz CT molecular complexity index is 419. The highest BCUT2D eigenvalue weighted by Gasteiger charge is 1.87. The zero-order valence-corrected chi connectivity index (χ0v) is 11.4.